The van der Waals surface area contributed by atoms with E-state index in [4.69, 9.17) is 11.1 Å². The van der Waals surface area contributed by atoms with Gasteiger partial charge in [-0.1, -0.05) is 38.6 Å². The van der Waals surface area contributed by atoms with E-state index in [0.29, 0.717) is 28.6 Å². The number of nitrogens with two attached hydrogens (primary N) is 1. The van der Waals surface area contributed by atoms with Gasteiger partial charge in [0.2, 0.25) is 0 Å². The van der Waals surface area contributed by atoms with Crippen LogP contribution >= 0.6 is 0 Å². The summed E-state index contributed by atoms with van der Waals surface area (Å²) in [4.78, 5) is 4.06. The summed E-state index contributed by atoms with van der Waals surface area (Å²) in [5.74, 6) is 0.445. The molecule has 27 heavy (non-hydrogen) atoms. The highest BCUT2D eigenvalue weighted by atomic mass is 19.1. The number of halogens is 1. The molecule has 1 heterocycles. The SMILES string of the molecule is C=Cc1cc(C(=N)/C=C/c2cccc(F)c2)c(N)cn1.CNC(C)C(C)C. The summed E-state index contributed by atoms with van der Waals surface area (Å²) >= 11 is 0. The lowest BCUT2D eigenvalue weighted by Gasteiger charge is -2.12. The lowest BCUT2D eigenvalue weighted by molar-refractivity contribution is 0.459. The van der Waals surface area contributed by atoms with E-state index in [1.54, 1.807) is 36.4 Å². The zero-order chi connectivity index (χ0) is 20.4. The lowest BCUT2D eigenvalue weighted by atomic mass is 10.1. The number of nitrogen functional groups attached to an aromatic ring is 1. The Labute approximate surface area is 161 Å². The number of aromatic nitrogens is 1. The molecule has 0 bridgehead atoms. The maximum absolute atomic E-state index is 13.1. The quantitative estimate of drug-likeness (QED) is 0.643. The molecule has 144 valence electrons. The van der Waals surface area contributed by atoms with E-state index in [1.165, 1.54) is 18.3 Å². The molecule has 0 spiro atoms. The fraction of sp³-hybridized carbons (Fsp3) is 0.273. The van der Waals surface area contributed by atoms with Crippen LogP contribution in [-0.2, 0) is 0 Å². The number of anilines is 1. The lowest BCUT2D eigenvalue weighted by Crippen LogP contribution is -2.26. The van der Waals surface area contributed by atoms with Gasteiger partial charge in [-0.15, -0.1) is 0 Å². The summed E-state index contributed by atoms with van der Waals surface area (Å²) in [6.07, 6.45) is 6.33. The number of benzene rings is 1. The van der Waals surface area contributed by atoms with E-state index >= 15 is 0 Å². The summed E-state index contributed by atoms with van der Waals surface area (Å²) in [6.45, 7) is 10.2. The van der Waals surface area contributed by atoms with Crippen LogP contribution in [0.25, 0.3) is 12.2 Å². The van der Waals surface area contributed by atoms with Gasteiger partial charge in [0, 0.05) is 11.6 Å². The largest absolute Gasteiger partial charge is 0.397 e. The molecule has 0 aliphatic rings. The van der Waals surface area contributed by atoms with Crippen LogP contribution in [0.1, 0.15) is 37.6 Å². The molecule has 0 aliphatic heterocycles. The molecule has 0 fully saturated rings. The molecule has 4 nitrogen and oxygen atoms in total. The second-order valence-electron chi connectivity index (χ2n) is 6.52. The van der Waals surface area contributed by atoms with E-state index in [9.17, 15) is 4.39 Å². The van der Waals surface area contributed by atoms with Gasteiger partial charge in [0.25, 0.3) is 0 Å². The van der Waals surface area contributed by atoms with Crippen LogP contribution in [0.4, 0.5) is 10.1 Å². The normalized spacial score (nSPS) is 11.8. The van der Waals surface area contributed by atoms with Crippen molar-refractivity contribution in [3.8, 4) is 0 Å². The second kappa shape index (κ2) is 11.0. The first-order valence-electron chi connectivity index (χ1n) is 8.86. The summed E-state index contributed by atoms with van der Waals surface area (Å²) in [5.41, 5.74) is 8.37. The van der Waals surface area contributed by atoms with Crippen molar-refractivity contribution in [2.45, 2.75) is 26.8 Å². The Balaban J connectivity index is 0.000000445. The molecule has 1 aromatic carbocycles. The molecule has 1 aromatic heterocycles. The minimum absolute atomic E-state index is 0.234. The highest BCUT2D eigenvalue weighted by molar-refractivity contribution is 6.11. The smallest absolute Gasteiger partial charge is 0.123 e. The molecule has 0 radical (unpaired) electrons. The molecule has 2 rings (SSSR count). The van der Waals surface area contributed by atoms with Gasteiger partial charge < -0.3 is 16.5 Å². The minimum atomic E-state index is -0.309. The van der Waals surface area contributed by atoms with Gasteiger partial charge in [-0.3, -0.25) is 4.98 Å². The van der Waals surface area contributed by atoms with Crippen LogP contribution in [0.5, 0.6) is 0 Å². The number of hydrogen-bond acceptors (Lipinski definition) is 4. The summed E-state index contributed by atoms with van der Waals surface area (Å²) in [6, 6.07) is 8.50. The molecule has 5 heteroatoms. The van der Waals surface area contributed by atoms with E-state index in [-0.39, 0.29) is 11.5 Å². The summed E-state index contributed by atoms with van der Waals surface area (Å²) in [7, 11) is 1.99. The number of rotatable bonds is 6. The maximum Gasteiger partial charge on any atom is 0.123 e. The fourth-order valence-electron chi connectivity index (χ4n) is 2.04. The number of nitrogens with zero attached hydrogens (tertiary/aromatic N) is 1. The number of hydrogen-bond donors (Lipinski definition) is 3. The van der Waals surface area contributed by atoms with Crippen LogP contribution in [0.3, 0.4) is 0 Å². The average Bonchev–Trinajstić information content (AvgIpc) is 2.66. The van der Waals surface area contributed by atoms with E-state index < -0.39 is 0 Å². The second-order valence-corrected chi connectivity index (χ2v) is 6.52. The van der Waals surface area contributed by atoms with E-state index in [0.717, 1.165) is 5.92 Å². The van der Waals surface area contributed by atoms with E-state index in [2.05, 4.69) is 37.7 Å². The van der Waals surface area contributed by atoms with Crippen molar-refractivity contribution in [3.05, 3.63) is 71.8 Å². The number of pyridine rings is 1. The van der Waals surface area contributed by atoms with Gasteiger partial charge in [-0.25, -0.2) is 4.39 Å². The molecular weight excluding hydrogens is 339 g/mol. The predicted molar refractivity (Wildman–Crippen MR) is 114 cm³/mol. The monoisotopic (exact) mass is 368 g/mol. The van der Waals surface area contributed by atoms with Gasteiger partial charge in [0.05, 0.1) is 23.3 Å². The van der Waals surface area contributed by atoms with Crippen molar-refractivity contribution >= 4 is 23.6 Å². The Morgan fingerprint density at radius 1 is 1.30 bits per heavy atom. The Morgan fingerprint density at radius 3 is 2.52 bits per heavy atom. The summed E-state index contributed by atoms with van der Waals surface area (Å²) in [5, 5.41) is 11.2. The first kappa shape index (κ1) is 22.3. The van der Waals surface area contributed by atoms with Crippen LogP contribution in [-0.4, -0.2) is 23.8 Å². The van der Waals surface area contributed by atoms with Gasteiger partial charge >= 0.3 is 0 Å². The molecule has 2 aromatic rings. The topological polar surface area (TPSA) is 74.8 Å². The minimum Gasteiger partial charge on any atom is -0.397 e. The van der Waals surface area contributed by atoms with Gasteiger partial charge in [0.1, 0.15) is 5.82 Å². The van der Waals surface area contributed by atoms with Crippen molar-refractivity contribution < 1.29 is 4.39 Å². The highest BCUT2D eigenvalue weighted by Crippen LogP contribution is 2.15. The fourth-order valence-corrected chi connectivity index (χ4v) is 2.04. The predicted octanol–water partition coefficient (Wildman–Crippen LogP) is 4.78. The highest BCUT2D eigenvalue weighted by Gasteiger charge is 2.04. The Kier molecular flexibility index (Phi) is 9.09. The molecule has 1 atom stereocenters. The van der Waals surface area contributed by atoms with Gasteiger partial charge in [-0.05, 0) is 55.8 Å². The Bertz CT molecular complexity index is 797. The van der Waals surface area contributed by atoms with Crippen molar-refractivity contribution in [2.75, 3.05) is 12.8 Å². The number of allylic oxidation sites excluding steroid dienone is 1. The van der Waals surface area contributed by atoms with Crippen molar-refractivity contribution in [2.24, 2.45) is 5.92 Å². The van der Waals surface area contributed by atoms with Crippen molar-refractivity contribution in [3.63, 3.8) is 0 Å². The zero-order valence-electron chi connectivity index (χ0n) is 16.5. The molecular formula is C22H29FN4. The first-order chi connectivity index (χ1) is 12.8. The van der Waals surface area contributed by atoms with Gasteiger partial charge in [0.15, 0.2) is 0 Å². The average molecular weight is 369 g/mol. The standard InChI is InChI=1S/C16H14FN3.C6H15N/c1-2-13-9-14(16(19)10-20-13)15(18)7-6-11-4-3-5-12(17)8-11;1-5(2)6(3)7-4/h2-10,18H,1,19H2;5-7H,1-4H3/b7-6+,18-15?;. The van der Waals surface area contributed by atoms with Crippen molar-refractivity contribution in [1.29, 1.82) is 5.41 Å². The maximum atomic E-state index is 13.1. The number of nitrogens with one attached hydrogen (secondary N) is 2. The summed E-state index contributed by atoms with van der Waals surface area (Å²) < 4.78 is 13.1. The molecule has 0 saturated carbocycles. The molecule has 0 amide bonds. The Hall–Kier alpha value is -2.79. The molecule has 0 saturated heterocycles. The first-order valence-corrected chi connectivity index (χ1v) is 8.86. The van der Waals surface area contributed by atoms with E-state index in [1.807, 2.05) is 7.05 Å². The molecule has 4 N–H and O–H groups in total. The van der Waals surface area contributed by atoms with Gasteiger partial charge in [-0.2, -0.15) is 0 Å². The third kappa shape index (κ3) is 7.54. The van der Waals surface area contributed by atoms with Crippen LogP contribution in [0, 0.1) is 17.1 Å². The van der Waals surface area contributed by atoms with Crippen LogP contribution in [0.15, 0.2) is 49.2 Å². The third-order valence-electron chi connectivity index (χ3n) is 4.20. The third-order valence-corrected chi connectivity index (χ3v) is 4.20. The van der Waals surface area contributed by atoms with Crippen LogP contribution < -0.4 is 11.1 Å². The van der Waals surface area contributed by atoms with Crippen molar-refractivity contribution in [1.82, 2.24) is 10.3 Å². The van der Waals surface area contributed by atoms with Crippen LogP contribution in [0.2, 0.25) is 0 Å². The molecule has 0 aliphatic carbocycles. The zero-order valence-corrected chi connectivity index (χ0v) is 16.5. The Morgan fingerprint density at radius 2 is 2.00 bits per heavy atom. The molecule has 1 unspecified atom stereocenters.